The number of nitrogens with zero attached hydrogens (tertiary/aromatic N) is 5. The van der Waals surface area contributed by atoms with E-state index in [9.17, 15) is 13.9 Å². The number of hydrogen-bond acceptors (Lipinski definition) is 9. The van der Waals surface area contributed by atoms with E-state index in [4.69, 9.17) is 19.2 Å². The van der Waals surface area contributed by atoms with Crippen LogP contribution >= 0.6 is 0 Å². The van der Waals surface area contributed by atoms with Crippen molar-refractivity contribution in [2.45, 2.75) is 50.4 Å². The molecule has 2 aromatic heterocycles. The summed E-state index contributed by atoms with van der Waals surface area (Å²) in [7, 11) is 1.60. The summed E-state index contributed by atoms with van der Waals surface area (Å²) < 4.78 is 63.5. The van der Waals surface area contributed by atoms with Crippen LogP contribution in [0, 0.1) is 11.6 Å². The highest BCUT2D eigenvalue weighted by molar-refractivity contribution is 6.01. The van der Waals surface area contributed by atoms with Gasteiger partial charge in [0.25, 0.3) is 0 Å². The number of anilines is 1. The summed E-state index contributed by atoms with van der Waals surface area (Å²) in [6.45, 7) is 4.93. The van der Waals surface area contributed by atoms with E-state index in [1.165, 1.54) is 24.4 Å². The quantitative estimate of drug-likeness (QED) is 0.284. The fraction of sp³-hybridized carbons (Fsp3) is 0.485. The van der Waals surface area contributed by atoms with E-state index in [-0.39, 0.29) is 41.2 Å². The van der Waals surface area contributed by atoms with Gasteiger partial charge in [0.1, 0.15) is 41.4 Å². The van der Waals surface area contributed by atoms with E-state index >= 15 is 4.39 Å². The number of aromatic nitrogens is 3. The molecule has 0 spiro atoms. The number of aromatic hydroxyl groups is 1. The third-order valence-electron chi connectivity index (χ3n) is 9.43. The topological polar surface area (TPSA) is 93.1 Å². The molecule has 3 aliphatic rings. The zero-order valence-electron chi connectivity index (χ0n) is 25.4. The van der Waals surface area contributed by atoms with E-state index in [0.717, 1.165) is 19.4 Å². The van der Waals surface area contributed by atoms with Crippen molar-refractivity contribution in [2.24, 2.45) is 0 Å². The lowest BCUT2D eigenvalue weighted by molar-refractivity contribution is -0.0102. The number of hydrogen-bond donors (Lipinski definition) is 1. The Labute approximate surface area is 258 Å². The van der Waals surface area contributed by atoms with Gasteiger partial charge in [-0.15, -0.1) is 0 Å². The minimum Gasteiger partial charge on any atom is -0.508 e. The number of aryl methyl sites for hydroxylation is 1. The van der Waals surface area contributed by atoms with Gasteiger partial charge in [-0.25, -0.2) is 13.2 Å². The highest BCUT2D eigenvalue weighted by Crippen LogP contribution is 2.42. The van der Waals surface area contributed by atoms with E-state index in [1.807, 2.05) is 11.8 Å². The second-order valence-electron chi connectivity index (χ2n) is 12.2. The molecule has 0 aliphatic carbocycles. The Morgan fingerprint density at radius 1 is 1.16 bits per heavy atom. The van der Waals surface area contributed by atoms with Gasteiger partial charge in [0.05, 0.1) is 30.2 Å². The monoisotopic (exact) mass is 623 g/mol. The number of rotatable bonds is 8. The second kappa shape index (κ2) is 11.9. The number of methoxy groups -OCH3 is 1. The number of pyridine rings is 1. The molecule has 238 valence electrons. The predicted molar refractivity (Wildman–Crippen MR) is 164 cm³/mol. The lowest BCUT2D eigenvalue weighted by Gasteiger charge is -2.34. The van der Waals surface area contributed by atoms with Gasteiger partial charge in [0, 0.05) is 44.9 Å². The SMILES string of the molecule is CCc1c(F)ccc2cc(O)cc(-c3ncc4c(N5CCO[C@@H](COC)C5)nc(OC[C@@]56CCCN5C[C@H](F)C6)nc4c3F)c12. The largest absolute Gasteiger partial charge is 0.508 e. The highest BCUT2D eigenvalue weighted by atomic mass is 19.1. The van der Waals surface area contributed by atoms with Crippen molar-refractivity contribution in [3.8, 4) is 23.0 Å². The van der Waals surface area contributed by atoms with E-state index in [0.29, 0.717) is 73.2 Å². The molecular weight excluding hydrogens is 587 g/mol. The molecule has 3 atom stereocenters. The van der Waals surface area contributed by atoms with Gasteiger partial charge in [-0.2, -0.15) is 9.97 Å². The van der Waals surface area contributed by atoms with Crippen LogP contribution in [-0.4, -0.2) is 95.9 Å². The number of halogens is 3. The fourth-order valence-corrected chi connectivity index (χ4v) is 7.39. The second-order valence-corrected chi connectivity index (χ2v) is 12.2. The van der Waals surface area contributed by atoms with E-state index in [1.54, 1.807) is 13.2 Å². The maximum atomic E-state index is 16.8. The van der Waals surface area contributed by atoms with Crippen LogP contribution in [0.5, 0.6) is 11.8 Å². The summed E-state index contributed by atoms with van der Waals surface area (Å²) >= 11 is 0. The van der Waals surface area contributed by atoms with Crippen LogP contribution in [-0.2, 0) is 15.9 Å². The molecular formula is C33H36F3N5O4. The first kappa shape index (κ1) is 29.9. The van der Waals surface area contributed by atoms with Crippen molar-refractivity contribution < 1.29 is 32.5 Å². The standard InChI is InChI=1S/C33H36F3N5O4/c1-3-23-26(35)6-5-19-11-21(42)12-24(27(19)23)29-28(36)30-25(14-37-29)31(40-9-10-44-22(16-40)17-43-2)39-32(38-30)45-18-33-7-4-8-41(33)15-20(34)13-33/h5-6,11-12,14,20,22,42H,3-4,7-10,13,15-18H2,1-2H3/t20-,22-,33+/m1/s1. The van der Waals surface area contributed by atoms with E-state index in [2.05, 4.69) is 14.9 Å². The lowest BCUT2D eigenvalue weighted by Crippen LogP contribution is -2.45. The van der Waals surface area contributed by atoms with Gasteiger partial charge in [0.15, 0.2) is 5.82 Å². The van der Waals surface area contributed by atoms with Crippen LogP contribution in [0.2, 0.25) is 0 Å². The van der Waals surface area contributed by atoms with Gasteiger partial charge >= 0.3 is 6.01 Å². The molecule has 0 unspecified atom stereocenters. The maximum Gasteiger partial charge on any atom is 0.319 e. The van der Waals surface area contributed by atoms with Crippen LogP contribution in [0.25, 0.3) is 32.9 Å². The lowest BCUT2D eigenvalue weighted by atomic mass is 9.94. The molecule has 2 aromatic carbocycles. The summed E-state index contributed by atoms with van der Waals surface area (Å²) in [5.74, 6) is -0.820. The van der Waals surface area contributed by atoms with Gasteiger partial charge in [-0.1, -0.05) is 13.0 Å². The van der Waals surface area contributed by atoms with Crippen LogP contribution in [0.15, 0.2) is 30.5 Å². The average molecular weight is 624 g/mol. The number of morpholine rings is 1. The molecule has 7 rings (SSSR count). The molecule has 0 amide bonds. The molecule has 9 nitrogen and oxygen atoms in total. The third kappa shape index (κ3) is 5.32. The van der Waals surface area contributed by atoms with Crippen molar-refractivity contribution in [3.05, 3.63) is 47.7 Å². The number of fused-ring (bicyclic) bond motifs is 3. The summed E-state index contributed by atoms with van der Waals surface area (Å²) in [5.41, 5.74) is 0.127. The first-order valence-electron chi connectivity index (χ1n) is 15.5. The Morgan fingerprint density at radius 2 is 2.02 bits per heavy atom. The number of phenolic OH excluding ortho intramolecular Hbond substituents is 1. The molecule has 3 saturated heterocycles. The first-order valence-corrected chi connectivity index (χ1v) is 15.5. The Morgan fingerprint density at radius 3 is 2.84 bits per heavy atom. The first-order chi connectivity index (χ1) is 21.8. The van der Waals surface area contributed by atoms with Crippen molar-refractivity contribution in [1.82, 2.24) is 19.9 Å². The molecule has 45 heavy (non-hydrogen) atoms. The van der Waals surface area contributed by atoms with Crippen LogP contribution in [0.1, 0.15) is 31.7 Å². The molecule has 3 fully saturated rings. The normalized spacial score (nSPS) is 23.7. The molecule has 0 radical (unpaired) electrons. The molecule has 4 aromatic rings. The van der Waals surface area contributed by atoms with Crippen LogP contribution in [0.4, 0.5) is 19.0 Å². The fourth-order valence-electron chi connectivity index (χ4n) is 7.39. The zero-order chi connectivity index (χ0) is 31.3. The third-order valence-corrected chi connectivity index (χ3v) is 9.43. The van der Waals surface area contributed by atoms with Crippen molar-refractivity contribution in [3.63, 3.8) is 0 Å². The number of benzene rings is 2. The molecule has 3 aliphatic heterocycles. The van der Waals surface area contributed by atoms with Crippen LogP contribution < -0.4 is 9.64 Å². The van der Waals surface area contributed by atoms with Gasteiger partial charge < -0.3 is 24.2 Å². The molecule has 0 bridgehead atoms. The van der Waals surface area contributed by atoms with E-state index < -0.39 is 23.3 Å². The summed E-state index contributed by atoms with van der Waals surface area (Å²) in [4.78, 5) is 17.9. The summed E-state index contributed by atoms with van der Waals surface area (Å²) in [5, 5.41) is 12.0. The minimum atomic E-state index is -0.922. The number of phenols is 1. The Bertz CT molecular complexity index is 1760. The molecule has 1 N–H and O–H groups in total. The molecule has 5 heterocycles. The van der Waals surface area contributed by atoms with Crippen molar-refractivity contribution in [1.29, 1.82) is 0 Å². The van der Waals surface area contributed by atoms with Crippen molar-refractivity contribution >= 4 is 27.5 Å². The molecule has 0 saturated carbocycles. The highest BCUT2D eigenvalue weighted by Gasteiger charge is 2.49. The van der Waals surface area contributed by atoms with Gasteiger partial charge in [0.2, 0.25) is 0 Å². The Hall–Kier alpha value is -3.74. The minimum absolute atomic E-state index is 0.0173. The number of ether oxygens (including phenoxy) is 3. The Kier molecular flexibility index (Phi) is 7.91. The zero-order valence-corrected chi connectivity index (χ0v) is 25.4. The van der Waals surface area contributed by atoms with Gasteiger partial charge in [-0.05, 0) is 60.3 Å². The smallest absolute Gasteiger partial charge is 0.319 e. The van der Waals surface area contributed by atoms with Crippen LogP contribution in [0.3, 0.4) is 0 Å². The number of alkyl halides is 1. The predicted octanol–water partition coefficient (Wildman–Crippen LogP) is 5.20. The Balaban J connectivity index is 1.36. The average Bonchev–Trinajstić information content (AvgIpc) is 3.56. The van der Waals surface area contributed by atoms with Gasteiger partial charge in [-0.3, -0.25) is 9.88 Å². The maximum absolute atomic E-state index is 16.8. The molecule has 12 heteroatoms. The summed E-state index contributed by atoms with van der Waals surface area (Å²) in [6.07, 6.45) is 2.86. The summed E-state index contributed by atoms with van der Waals surface area (Å²) in [6, 6.07) is 5.80. The van der Waals surface area contributed by atoms with Crippen molar-refractivity contribution in [2.75, 3.05) is 58.0 Å².